The monoisotopic (exact) mass is 195 g/mol. The average molecular weight is 195 g/mol. The summed E-state index contributed by atoms with van der Waals surface area (Å²) in [4.78, 5) is 0. The quantitative estimate of drug-likeness (QED) is 0.645. The molecule has 0 aliphatic heterocycles. The highest BCUT2D eigenvalue weighted by Gasteiger charge is 1.89. The second-order valence-corrected chi connectivity index (χ2v) is 3.31. The average Bonchev–Trinajstić information content (AvgIpc) is 2.30. The molecule has 2 rings (SSSR count). The topological polar surface area (TPSA) is 19.9 Å². The van der Waals surface area contributed by atoms with Gasteiger partial charge in [-0.3, -0.25) is 5.11 Å². The fraction of sp³-hybridized carbons (Fsp3) is 0. The second kappa shape index (κ2) is 4.47. The van der Waals surface area contributed by atoms with Crippen molar-refractivity contribution in [2.75, 3.05) is 0 Å². The van der Waals surface area contributed by atoms with E-state index < -0.39 is 0 Å². The molecule has 0 bridgehead atoms. The molecule has 0 spiro atoms. The van der Waals surface area contributed by atoms with Crippen LogP contribution in [0.3, 0.4) is 0 Å². The largest absolute Gasteiger partial charge is 0.290 e. The normalized spacial score (nSPS) is 10.7. The molecule has 73 valence electrons. The van der Waals surface area contributed by atoms with E-state index in [2.05, 4.69) is 0 Å². The Morgan fingerprint density at radius 1 is 0.667 bits per heavy atom. The maximum Gasteiger partial charge on any atom is 0.178 e. The summed E-state index contributed by atoms with van der Waals surface area (Å²) in [5.41, 5.74) is 2.20. The van der Waals surface area contributed by atoms with Crippen molar-refractivity contribution in [3.63, 3.8) is 0 Å². The smallest absolute Gasteiger partial charge is 0.178 e. The summed E-state index contributed by atoms with van der Waals surface area (Å²) in [5, 5.41) is 10.9. The van der Waals surface area contributed by atoms with Crippen LogP contribution < -0.4 is 0 Å². The molecule has 0 aromatic heterocycles. The van der Waals surface area contributed by atoms with Crippen LogP contribution in [0.1, 0.15) is 11.1 Å². The third-order valence-electron chi connectivity index (χ3n) is 2.15. The molecule has 2 aromatic carbocycles. The van der Waals surface area contributed by atoms with E-state index in [0.29, 0.717) is 0 Å². The lowest BCUT2D eigenvalue weighted by Gasteiger charge is -1.93. The predicted molar refractivity (Wildman–Crippen MR) is 61.9 cm³/mol. The van der Waals surface area contributed by atoms with Gasteiger partial charge in [0.1, 0.15) is 0 Å². The Hall–Kier alpha value is -2.02. The van der Waals surface area contributed by atoms with Crippen molar-refractivity contribution in [2.24, 2.45) is 0 Å². The van der Waals surface area contributed by atoms with Crippen LogP contribution in [-0.4, -0.2) is 0 Å². The van der Waals surface area contributed by atoms with Crippen LogP contribution in [0.2, 0.25) is 0 Å². The van der Waals surface area contributed by atoms with Crippen molar-refractivity contribution in [1.29, 1.82) is 0 Å². The van der Waals surface area contributed by atoms with Crippen molar-refractivity contribution < 1.29 is 5.11 Å². The van der Waals surface area contributed by atoms with Gasteiger partial charge in [0.2, 0.25) is 0 Å². The zero-order valence-corrected chi connectivity index (χ0v) is 8.26. The van der Waals surface area contributed by atoms with Crippen LogP contribution in [-0.2, 0) is 5.11 Å². The van der Waals surface area contributed by atoms with Gasteiger partial charge in [-0.05, 0) is 23.3 Å². The summed E-state index contributed by atoms with van der Waals surface area (Å²) >= 11 is 0. The Morgan fingerprint density at radius 2 is 1.20 bits per heavy atom. The summed E-state index contributed by atoms with van der Waals surface area (Å²) in [6.45, 7) is 0. The van der Waals surface area contributed by atoms with Crippen LogP contribution in [0.15, 0.2) is 54.6 Å². The minimum absolute atomic E-state index is 0.0480. The lowest BCUT2D eigenvalue weighted by Crippen LogP contribution is -1.71. The highest BCUT2D eigenvalue weighted by atomic mass is 16.3. The summed E-state index contributed by atoms with van der Waals surface area (Å²) in [6.07, 6.45) is 4.02. The molecule has 2 aromatic rings. The molecule has 0 saturated carbocycles. The fourth-order valence-electron chi connectivity index (χ4n) is 1.34. The van der Waals surface area contributed by atoms with Crippen LogP contribution in [0.5, 0.6) is 5.75 Å². The molecule has 0 unspecified atom stereocenters. The van der Waals surface area contributed by atoms with Gasteiger partial charge in [-0.15, -0.1) is 0 Å². The molecule has 0 aliphatic carbocycles. The van der Waals surface area contributed by atoms with Crippen molar-refractivity contribution in [1.82, 2.24) is 0 Å². The van der Waals surface area contributed by atoms with Crippen LogP contribution in [0, 0.1) is 0 Å². The first-order chi connectivity index (χ1) is 7.34. The highest BCUT2D eigenvalue weighted by molar-refractivity contribution is 5.69. The SMILES string of the molecule is [O]c1ccc(C=Cc2ccccc2)cc1. The first kappa shape index (κ1) is 9.53. The predicted octanol–water partition coefficient (Wildman–Crippen LogP) is 4.00. The zero-order valence-electron chi connectivity index (χ0n) is 8.26. The summed E-state index contributed by atoms with van der Waals surface area (Å²) in [7, 11) is 0. The number of rotatable bonds is 2. The van der Waals surface area contributed by atoms with E-state index in [1.54, 1.807) is 12.1 Å². The Morgan fingerprint density at radius 3 is 1.80 bits per heavy atom. The van der Waals surface area contributed by atoms with Gasteiger partial charge in [0.15, 0.2) is 5.75 Å². The van der Waals surface area contributed by atoms with E-state index in [0.717, 1.165) is 11.1 Å². The summed E-state index contributed by atoms with van der Waals surface area (Å²) in [5.74, 6) is 0.0480. The fourth-order valence-corrected chi connectivity index (χ4v) is 1.34. The third kappa shape index (κ3) is 2.71. The van der Waals surface area contributed by atoms with E-state index in [-0.39, 0.29) is 5.75 Å². The van der Waals surface area contributed by atoms with Gasteiger partial charge >= 0.3 is 0 Å². The van der Waals surface area contributed by atoms with Crippen LogP contribution >= 0.6 is 0 Å². The molecule has 1 nitrogen and oxygen atoms in total. The van der Waals surface area contributed by atoms with Crippen molar-refractivity contribution in [2.45, 2.75) is 0 Å². The van der Waals surface area contributed by atoms with Gasteiger partial charge in [0, 0.05) is 0 Å². The van der Waals surface area contributed by atoms with E-state index in [9.17, 15) is 5.11 Å². The molecule has 0 heterocycles. The van der Waals surface area contributed by atoms with Gasteiger partial charge in [-0.25, -0.2) is 0 Å². The first-order valence-electron chi connectivity index (χ1n) is 4.85. The first-order valence-corrected chi connectivity index (χ1v) is 4.85. The maximum absolute atomic E-state index is 10.9. The highest BCUT2D eigenvalue weighted by Crippen LogP contribution is 2.13. The summed E-state index contributed by atoms with van der Waals surface area (Å²) < 4.78 is 0. The maximum atomic E-state index is 10.9. The molecular weight excluding hydrogens is 184 g/mol. The second-order valence-electron chi connectivity index (χ2n) is 3.31. The van der Waals surface area contributed by atoms with Crippen LogP contribution in [0.25, 0.3) is 12.2 Å². The van der Waals surface area contributed by atoms with Crippen molar-refractivity contribution >= 4 is 12.2 Å². The van der Waals surface area contributed by atoms with Crippen molar-refractivity contribution in [3.05, 3.63) is 65.7 Å². The Balaban J connectivity index is 2.15. The zero-order chi connectivity index (χ0) is 10.5. The molecule has 0 saturated heterocycles. The van der Waals surface area contributed by atoms with E-state index in [1.807, 2.05) is 54.6 Å². The number of hydrogen-bond donors (Lipinski definition) is 0. The molecule has 0 N–H and O–H groups in total. The lowest BCUT2D eigenvalue weighted by atomic mass is 10.1. The molecular formula is C14H11O. The molecule has 1 radical (unpaired) electrons. The van der Waals surface area contributed by atoms with Crippen LogP contribution in [0.4, 0.5) is 0 Å². The van der Waals surface area contributed by atoms with Gasteiger partial charge in [-0.1, -0.05) is 54.6 Å². The van der Waals surface area contributed by atoms with E-state index in [4.69, 9.17) is 0 Å². The molecule has 15 heavy (non-hydrogen) atoms. The van der Waals surface area contributed by atoms with Gasteiger partial charge < -0.3 is 0 Å². The third-order valence-corrected chi connectivity index (χ3v) is 2.15. The molecule has 0 amide bonds. The van der Waals surface area contributed by atoms with E-state index in [1.165, 1.54) is 0 Å². The van der Waals surface area contributed by atoms with Gasteiger partial charge in [0.25, 0.3) is 0 Å². The van der Waals surface area contributed by atoms with Gasteiger partial charge in [0.05, 0.1) is 0 Å². The number of hydrogen-bond acceptors (Lipinski definition) is 0. The molecule has 0 atom stereocenters. The minimum atomic E-state index is 0.0480. The van der Waals surface area contributed by atoms with E-state index >= 15 is 0 Å². The molecule has 0 aliphatic rings. The van der Waals surface area contributed by atoms with Crippen molar-refractivity contribution in [3.8, 4) is 5.75 Å². The summed E-state index contributed by atoms with van der Waals surface area (Å²) in [6, 6.07) is 16.9. The Labute approximate surface area is 89.3 Å². The van der Waals surface area contributed by atoms with Gasteiger partial charge in [-0.2, -0.15) is 0 Å². The Bertz CT molecular complexity index is 441. The lowest BCUT2D eigenvalue weighted by molar-refractivity contribution is 0.355. The molecule has 0 fully saturated rings. The molecule has 1 heteroatoms. The minimum Gasteiger partial charge on any atom is -0.290 e. The Kier molecular flexibility index (Phi) is 2.84. The standard InChI is InChI=1S/C14H11O/c15-14-10-8-13(9-11-14)7-6-12-4-2-1-3-5-12/h1-11H. The number of benzene rings is 2.